The smallest absolute Gasteiger partial charge is 0.297 e. The van der Waals surface area contributed by atoms with E-state index in [4.69, 9.17) is 0 Å². The number of rotatable bonds is 3. The van der Waals surface area contributed by atoms with E-state index < -0.39 is 12.2 Å². The van der Waals surface area contributed by atoms with Crippen molar-refractivity contribution >= 4 is 21.6 Å². The molecular formula is C14H16F2N2OS. The Morgan fingerprint density at radius 1 is 1.25 bits per heavy atom. The van der Waals surface area contributed by atoms with Crippen LogP contribution in [0.4, 0.5) is 8.78 Å². The van der Waals surface area contributed by atoms with Crippen LogP contribution in [0.2, 0.25) is 0 Å². The highest BCUT2D eigenvalue weighted by molar-refractivity contribution is 7.18. The molecule has 0 radical (unpaired) electrons. The van der Waals surface area contributed by atoms with E-state index in [1.165, 1.54) is 35.5 Å². The number of hydrogen-bond donors (Lipinski definition) is 1. The average molecular weight is 298 g/mol. The Morgan fingerprint density at radius 3 is 2.65 bits per heavy atom. The first kappa shape index (κ1) is 13.8. The normalized spacial score (nSPS) is 17.2. The van der Waals surface area contributed by atoms with Gasteiger partial charge in [0, 0.05) is 10.3 Å². The van der Waals surface area contributed by atoms with Gasteiger partial charge in [0.05, 0.1) is 12.3 Å². The molecule has 0 aliphatic heterocycles. The van der Waals surface area contributed by atoms with Crippen LogP contribution >= 0.6 is 11.3 Å². The SMILES string of the molecule is OCc1nc(C(F)F)nc2sc(C3CCCCC3)cc12. The molecule has 3 rings (SSSR count). The second-order valence-electron chi connectivity index (χ2n) is 5.19. The molecule has 2 aromatic heterocycles. The number of fused-ring (bicyclic) bond motifs is 1. The van der Waals surface area contributed by atoms with Crippen LogP contribution in [0.5, 0.6) is 0 Å². The summed E-state index contributed by atoms with van der Waals surface area (Å²) >= 11 is 1.47. The summed E-state index contributed by atoms with van der Waals surface area (Å²) in [6, 6.07) is 1.98. The number of aliphatic hydroxyl groups excluding tert-OH is 1. The van der Waals surface area contributed by atoms with Gasteiger partial charge in [-0.1, -0.05) is 19.3 Å². The van der Waals surface area contributed by atoms with Gasteiger partial charge in [-0.05, 0) is 24.8 Å². The maximum absolute atomic E-state index is 12.8. The summed E-state index contributed by atoms with van der Waals surface area (Å²) in [5, 5.41) is 10.1. The predicted octanol–water partition coefficient (Wildman–Crippen LogP) is 4.17. The number of alkyl halides is 2. The Hall–Kier alpha value is -1.14. The first-order valence-corrected chi connectivity index (χ1v) is 7.70. The van der Waals surface area contributed by atoms with Gasteiger partial charge < -0.3 is 5.11 Å². The van der Waals surface area contributed by atoms with Gasteiger partial charge in [0.25, 0.3) is 6.43 Å². The molecule has 0 spiro atoms. The third-order valence-corrected chi connectivity index (χ3v) is 5.05. The molecule has 2 heterocycles. The second kappa shape index (κ2) is 5.69. The van der Waals surface area contributed by atoms with Gasteiger partial charge in [0.1, 0.15) is 4.83 Å². The topological polar surface area (TPSA) is 46.0 Å². The summed E-state index contributed by atoms with van der Waals surface area (Å²) in [5.41, 5.74) is 0.309. The minimum atomic E-state index is -2.70. The van der Waals surface area contributed by atoms with E-state index in [-0.39, 0.29) is 6.61 Å². The van der Waals surface area contributed by atoms with Gasteiger partial charge >= 0.3 is 0 Å². The number of thiophene rings is 1. The summed E-state index contributed by atoms with van der Waals surface area (Å²) in [6.07, 6.45) is 3.31. The molecule has 6 heteroatoms. The lowest BCUT2D eigenvalue weighted by Crippen LogP contribution is -2.02. The Kier molecular flexibility index (Phi) is 3.94. The second-order valence-corrected chi connectivity index (χ2v) is 6.25. The summed E-state index contributed by atoms with van der Waals surface area (Å²) in [6.45, 7) is -0.334. The molecule has 0 aromatic carbocycles. The zero-order valence-electron chi connectivity index (χ0n) is 11.0. The van der Waals surface area contributed by atoms with Crippen LogP contribution in [-0.2, 0) is 6.61 Å². The van der Waals surface area contributed by atoms with Crippen molar-refractivity contribution in [3.05, 3.63) is 22.5 Å². The third-order valence-electron chi connectivity index (χ3n) is 3.86. The van der Waals surface area contributed by atoms with Crippen molar-refractivity contribution < 1.29 is 13.9 Å². The van der Waals surface area contributed by atoms with Crippen LogP contribution in [0, 0.1) is 0 Å². The molecule has 0 amide bonds. The van der Waals surface area contributed by atoms with Gasteiger partial charge in [0.15, 0.2) is 5.82 Å². The lowest BCUT2D eigenvalue weighted by molar-refractivity contribution is 0.140. The molecule has 0 saturated heterocycles. The summed E-state index contributed by atoms with van der Waals surface area (Å²) in [5.74, 6) is 0.0167. The summed E-state index contributed by atoms with van der Waals surface area (Å²) < 4.78 is 25.5. The lowest BCUT2D eigenvalue weighted by atomic mass is 9.88. The maximum Gasteiger partial charge on any atom is 0.297 e. The van der Waals surface area contributed by atoms with Gasteiger partial charge in [-0.15, -0.1) is 11.3 Å². The number of halogens is 2. The van der Waals surface area contributed by atoms with E-state index in [0.29, 0.717) is 16.4 Å². The average Bonchev–Trinajstić information content (AvgIpc) is 2.91. The molecule has 1 aliphatic carbocycles. The van der Waals surface area contributed by atoms with E-state index in [0.717, 1.165) is 18.2 Å². The van der Waals surface area contributed by atoms with Gasteiger partial charge in [-0.25, -0.2) is 18.7 Å². The van der Waals surface area contributed by atoms with Crippen molar-refractivity contribution in [2.45, 2.75) is 51.1 Å². The highest BCUT2D eigenvalue weighted by atomic mass is 32.1. The zero-order valence-corrected chi connectivity index (χ0v) is 11.8. The molecule has 1 fully saturated rings. The molecule has 3 nitrogen and oxygen atoms in total. The van der Waals surface area contributed by atoms with Crippen molar-refractivity contribution in [3.8, 4) is 0 Å². The van der Waals surface area contributed by atoms with Gasteiger partial charge in [0.2, 0.25) is 0 Å². The number of aromatic nitrogens is 2. The molecule has 1 aliphatic rings. The molecule has 20 heavy (non-hydrogen) atoms. The van der Waals surface area contributed by atoms with E-state index >= 15 is 0 Å². The van der Waals surface area contributed by atoms with Crippen LogP contribution in [0.1, 0.15) is 60.8 Å². The molecule has 0 atom stereocenters. The zero-order chi connectivity index (χ0) is 14.1. The fourth-order valence-corrected chi connectivity index (χ4v) is 4.05. The van der Waals surface area contributed by atoms with E-state index in [1.54, 1.807) is 0 Å². The monoisotopic (exact) mass is 298 g/mol. The van der Waals surface area contributed by atoms with Gasteiger partial charge in [-0.3, -0.25) is 0 Å². The molecule has 1 saturated carbocycles. The van der Waals surface area contributed by atoms with Crippen molar-refractivity contribution in [1.82, 2.24) is 9.97 Å². The maximum atomic E-state index is 12.8. The highest BCUT2D eigenvalue weighted by Crippen LogP contribution is 2.39. The molecule has 1 N–H and O–H groups in total. The Labute approximate surface area is 119 Å². The van der Waals surface area contributed by atoms with Crippen molar-refractivity contribution in [1.29, 1.82) is 0 Å². The molecular weight excluding hydrogens is 282 g/mol. The molecule has 108 valence electrons. The van der Waals surface area contributed by atoms with Crippen molar-refractivity contribution in [3.63, 3.8) is 0 Å². The predicted molar refractivity (Wildman–Crippen MR) is 74.1 cm³/mol. The first-order chi connectivity index (χ1) is 9.69. The van der Waals surface area contributed by atoms with E-state index in [2.05, 4.69) is 9.97 Å². The molecule has 0 bridgehead atoms. The minimum Gasteiger partial charge on any atom is -0.390 e. The standard InChI is InChI=1S/C14H16F2N2OS/c15-12(16)13-17-10(7-19)9-6-11(20-14(9)18-13)8-4-2-1-3-5-8/h6,8,12,19H,1-5,7H2. The quantitative estimate of drug-likeness (QED) is 0.925. The number of nitrogens with zero attached hydrogens (tertiary/aromatic N) is 2. The molecule has 0 unspecified atom stereocenters. The third kappa shape index (κ3) is 2.54. The minimum absolute atomic E-state index is 0.309. The van der Waals surface area contributed by atoms with Crippen LogP contribution in [0.15, 0.2) is 6.07 Å². The first-order valence-electron chi connectivity index (χ1n) is 6.88. The lowest BCUT2D eigenvalue weighted by Gasteiger charge is -2.19. The van der Waals surface area contributed by atoms with Gasteiger partial charge in [-0.2, -0.15) is 0 Å². The molecule has 2 aromatic rings. The van der Waals surface area contributed by atoms with Crippen molar-refractivity contribution in [2.24, 2.45) is 0 Å². The summed E-state index contributed by atoms with van der Waals surface area (Å²) in [4.78, 5) is 9.48. The Bertz CT molecular complexity index is 608. The number of aliphatic hydroxyl groups is 1. The number of hydrogen-bond acceptors (Lipinski definition) is 4. The fourth-order valence-electron chi connectivity index (χ4n) is 2.82. The van der Waals surface area contributed by atoms with Crippen LogP contribution in [-0.4, -0.2) is 15.1 Å². The van der Waals surface area contributed by atoms with Crippen LogP contribution in [0.25, 0.3) is 10.2 Å². The summed E-state index contributed by atoms with van der Waals surface area (Å²) in [7, 11) is 0. The largest absolute Gasteiger partial charge is 0.390 e. The van der Waals surface area contributed by atoms with E-state index in [9.17, 15) is 13.9 Å². The Morgan fingerprint density at radius 2 is 2.00 bits per heavy atom. The van der Waals surface area contributed by atoms with Crippen molar-refractivity contribution in [2.75, 3.05) is 0 Å². The van der Waals surface area contributed by atoms with Crippen LogP contribution < -0.4 is 0 Å². The Balaban J connectivity index is 2.04. The fraction of sp³-hybridized carbons (Fsp3) is 0.571. The van der Waals surface area contributed by atoms with E-state index in [1.807, 2.05) is 6.07 Å². The van der Waals surface area contributed by atoms with Crippen LogP contribution in [0.3, 0.4) is 0 Å². The highest BCUT2D eigenvalue weighted by Gasteiger charge is 2.21.